The second kappa shape index (κ2) is 4.81. The van der Waals surface area contributed by atoms with Gasteiger partial charge in [0.25, 0.3) is 0 Å². The third-order valence-electron chi connectivity index (χ3n) is 2.48. The van der Waals surface area contributed by atoms with Crippen LogP contribution in [0.5, 0.6) is 0 Å². The second-order valence-corrected chi connectivity index (χ2v) is 3.68. The molecule has 0 saturated carbocycles. The van der Waals surface area contributed by atoms with Crippen LogP contribution in [0.25, 0.3) is 6.08 Å². The molecule has 1 aromatic rings. The molecule has 84 valence electrons. The molecular weight excluding hydrogens is 204 g/mol. The molecule has 0 radical (unpaired) electrons. The van der Waals surface area contributed by atoms with Crippen LogP contribution >= 0.6 is 0 Å². The Labute approximate surface area is 94.2 Å². The Hall–Kier alpha value is -1.81. The molecule has 0 bridgehead atoms. The Balaban J connectivity index is 2.06. The maximum Gasteiger partial charge on any atom is 0.328 e. The van der Waals surface area contributed by atoms with Crippen molar-refractivity contribution in [2.24, 2.45) is 0 Å². The summed E-state index contributed by atoms with van der Waals surface area (Å²) in [5, 5.41) is 10.6. The van der Waals surface area contributed by atoms with Crippen molar-refractivity contribution in [2.45, 2.75) is 6.42 Å². The first-order valence-electron chi connectivity index (χ1n) is 5.28. The summed E-state index contributed by atoms with van der Waals surface area (Å²) >= 11 is 0. The van der Waals surface area contributed by atoms with E-state index in [0.29, 0.717) is 0 Å². The number of hydrogen-bond acceptors (Lipinski definition) is 3. The highest BCUT2D eigenvalue weighted by Crippen LogP contribution is 2.16. The molecule has 1 aliphatic heterocycles. The SMILES string of the molecule is O=C(O)/C=C/c1ccc(N2CCCN2)cc1. The van der Waals surface area contributed by atoms with Gasteiger partial charge in [-0.05, 0) is 30.2 Å². The first kappa shape index (κ1) is 10.7. The van der Waals surface area contributed by atoms with Gasteiger partial charge in [-0.15, -0.1) is 0 Å². The van der Waals surface area contributed by atoms with Crippen molar-refractivity contribution < 1.29 is 9.90 Å². The number of benzene rings is 1. The fourth-order valence-corrected chi connectivity index (χ4v) is 1.68. The van der Waals surface area contributed by atoms with E-state index in [1.165, 1.54) is 0 Å². The molecular formula is C12H14N2O2. The van der Waals surface area contributed by atoms with Crippen LogP contribution < -0.4 is 10.4 Å². The number of hydrogen-bond donors (Lipinski definition) is 2. The molecule has 0 aliphatic carbocycles. The smallest absolute Gasteiger partial charge is 0.328 e. The Morgan fingerprint density at radius 3 is 2.69 bits per heavy atom. The van der Waals surface area contributed by atoms with Crippen molar-refractivity contribution in [3.8, 4) is 0 Å². The zero-order valence-electron chi connectivity index (χ0n) is 8.89. The largest absolute Gasteiger partial charge is 0.478 e. The van der Waals surface area contributed by atoms with Gasteiger partial charge in [-0.1, -0.05) is 12.1 Å². The van der Waals surface area contributed by atoms with E-state index in [9.17, 15) is 4.79 Å². The number of rotatable bonds is 3. The van der Waals surface area contributed by atoms with Gasteiger partial charge in [0.2, 0.25) is 0 Å². The number of anilines is 1. The van der Waals surface area contributed by atoms with E-state index in [2.05, 4.69) is 10.4 Å². The predicted molar refractivity (Wildman–Crippen MR) is 63.1 cm³/mol. The second-order valence-electron chi connectivity index (χ2n) is 3.68. The van der Waals surface area contributed by atoms with Crippen LogP contribution in [-0.2, 0) is 4.79 Å². The molecule has 0 spiro atoms. The van der Waals surface area contributed by atoms with E-state index >= 15 is 0 Å². The summed E-state index contributed by atoms with van der Waals surface area (Å²) in [6, 6.07) is 7.79. The third-order valence-corrected chi connectivity index (χ3v) is 2.48. The molecule has 1 aromatic carbocycles. The van der Waals surface area contributed by atoms with Gasteiger partial charge in [0.15, 0.2) is 0 Å². The molecule has 2 rings (SSSR count). The summed E-state index contributed by atoms with van der Waals surface area (Å²) in [5.41, 5.74) is 5.27. The lowest BCUT2D eigenvalue weighted by molar-refractivity contribution is -0.131. The minimum absolute atomic E-state index is 0.894. The van der Waals surface area contributed by atoms with Gasteiger partial charge in [-0.3, -0.25) is 0 Å². The van der Waals surface area contributed by atoms with E-state index in [0.717, 1.165) is 36.8 Å². The molecule has 0 atom stereocenters. The molecule has 1 heterocycles. The molecule has 4 nitrogen and oxygen atoms in total. The highest BCUT2D eigenvalue weighted by molar-refractivity contribution is 5.85. The predicted octanol–water partition coefficient (Wildman–Crippen LogP) is 1.50. The Morgan fingerprint density at radius 1 is 1.38 bits per heavy atom. The lowest BCUT2D eigenvalue weighted by Gasteiger charge is -2.17. The fourth-order valence-electron chi connectivity index (χ4n) is 1.68. The highest BCUT2D eigenvalue weighted by atomic mass is 16.4. The molecule has 0 unspecified atom stereocenters. The number of carboxylic acids is 1. The van der Waals surface area contributed by atoms with Gasteiger partial charge >= 0.3 is 5.97 Å². The van der Waals surface area contributed by atoms with Gasteiger partial charge in [0.05, 0.1) is 5.69 Å². The number of carbonyl (C=O) groups is 1. The summed E-state index contributed by atoms with van der Waals surface area (Å²) in [4.78, 5) is 10.3. The average Bonchev–Trinajstić information content (AvgIpc) is 2.80. The van der Waals surface area contributed by atoms with Crippen LogP contribution in [0.4, 0.5) is 5.69 Å². The summed E-state index contributed by atoms with van der Waals surface area (Å²) in [7, 11) is 0. The summed E-state index contributed by atoms with van der Waals surface area (Å²) < 4.78 is 0. The molecule has 1 aliphatic rings. The van der Waals surface area contributed by atoms with Crippen LogP contribution in [0.15, 0.2) is 30.3 Å². The van der Waals surface area contributed by atoms with Crippen molar-refractivity contribution in [3.05, 3.63) is 35.9 Å². The van der Waals surface area contributed by atoms with E-state index in [1.54, 1.807) is 6.08 Å². The van der Waals surface area contributed by atoms with E-state index in [1.807, 2.05) is 24.3 Å². The Morgan fingerprint density at radius 2 is 2.12 bits per heavy atom. The first-order chi connectivity index (χ1) is 7.75. The summed E-state index contributed by atoms with van der Waals surface area (Å²) in [6.45, 7) is 2.03. The Kier molecular flexibility index (Phi) is 3.22. The first-order valence-corrected chi connectivity index (χ1v) is 5.28. The monoisotopic (exact) mass is 218 g/mol. The quantitative estimate of drug-likeness (QED) is 0.755. The maximum absolute atomic E-state index is 10.3. The zero-order valence-corrected chi connectivity index (χ0v) is 8.89. The zero-order chi connectivity index (χ0) is 11.4. The molecule has 0 amide bonds. The number of carboxylic acid groups (broad SMARTS) is 1. The van der Waals surface area contributed by atoms with Crippen LogP contribution in [0.3, 0.4) is 0 Å². The number of nitrogens with zero attached hydrogens (tertiary/aromatic N) is 1. The van der Waals surface area contributed by atoms with Crippen molar-refractivity contribution >= 4 is 17.7 Å². The maximum atomic E-state index is 10.3. The number of aliphatic carboxylic acids is 1. The van der Waals surface area contributed by atoms with Crippen molar-refractivity contribution in [1.82, 2.24) is 5.43 Å². The minimum atomic E-state index is -0.926. The third kappa shape index (κ3) is 2.61. The van der Waals surface area contributed by atoms with Crippen molar-refractivity contribution in [3.63, 3.8) is 0 Å². The number of nitrogens with one attached hydrogen (secondary N) is 1. The van der Waals surface area contributed by atoms with Crippen LogP contribution in [-0.4, -0.2) is 24.2 Å². The van der Waals surface area contributed by atoms with Crippen molar-refractivity contribution in [1.29, 1.82) is 0 Å². The van der Waals surface area contributed by atoms with Gasteiger partial charge in [0.1, 0.15) is 0 Å². The molecule has 2 N–H and O–H groups in total. The molecule has 1 fully saturated rings. The lowest BCUT2D eigenvalue weighted by atomic mass is 10.2. The van der Waals surface area contributed by atoms with Gasteiger partial charge < -0.3 is 10.1 Å². The fraction of sp³-hybridized carbons (Fsp3) is 0.250. The highest BCUT2D eigenvalue weighted by Gasteiger charge is 2.10. The molecule has 1 saturated heterocycles. The van der Waals surface area contributed by atoms with E-state index < -0.39 is 5.97 Å². The summed E-state index contributed by atoms with van der Waals surface area (Å²) in [5.74, 6) is -0.926. The van der Waals surface area contributed by atoms with E-state index in [4.69, 9.17) is 5.11 Å². The summed E-state index contributed by atoms with van der Waals surface area (Å²) in [6.07, 6.45) is 3.88. The topological polar surface area (TPSA) is 52.6 Å². The standard InChI is InChI=1S/C12H14N2O2/c15-12(16)7-4-10-2-5-11(6-3-10)14-9-1-8-13-14/h2-7,13H,1,8-9H2,(H,15,16)/b7-4+. The molecule has 0 aromatic heterocycles. The van der Waals surface area contributed by atoms with Crippen LogP contribution in [0.2, 0.25) is 0 Å². The molecule has 4 heteroatoms. The van der Waals surface area contributed by atoms with Crippen LogP contribution in [0, 0.1) is 0 Å². The Bertz CT molecular complexity index is 392. The average molecular weight is 218 g/mol. The number of hydrazine groups is 1. The minimum Gasteiger partial charge on any atom is -0.478 e. The van der Waals surface area contributed by atoms with Gasteiger partial charge in [0, 0.05) is 19.2 Å². The van der Waals surface area contributed by atoms with E-state index in [-0.39, 0.29) is 0 Å². The van der Waals surface area contributed by atoms with Crippen LogP contribution in [0.1, 0.15) is 12.0 Å². The lowest BCUT2D eigenvalue weighted by Crippen LogP contribution is -2.30. The van der Waals surface area contributed by atoms with Crippen molar-refractivity contribution in [2.75, 3.05) is 18.1 Å². The van der Waals surface area contributed by atoms with Gasteiger partial charge in [-0.25, -0.2) is 10.2 Å². The molecule has 16 heavy (non-hydrogen) atoms. The normalized spacial score (nSPS) is 15.9. The van der Waals surface area contributed by atoms with Gasteiger partial charge in [-0.2, -0.15) is 0 Å².